The van der Waals surface area contributed by atoms with E-state index in [1.165, 1.54) is 38.5 Å². The first-order valence-corrected chi connectivity index (χ1v) is 5.61. The van der Waals surface area contributed by atoms with E-state index >= 15 is 0 Å². The Balaban J connectivity index is 0. The Bertz CT molecular complexity index is 109. The molecule has 0 radical (unpaired) electrons. The zero-order valence-electron chi connectivity index (χ0n) is 9.75. The average Bonchev–Trinajstić information content (AvgIpc) is 2.02. The Labute approximate surface area is 94.9 Å². The van der Waals surface area contributed by atoms with Crippen LogP contribution in [0.3, 0.4) is 0 Å². The van der Waals surface area contributed by atoms with E-state index in [1.54, 1.807) is 6.92 Å². The van der Waals surface area contributed by atoms with Crippen molar-refractivity contribution >= 4 is 12.4 Å². The Morgan fingerprint density at radius 1 is 1.07 bits per heavy atom. The second-order valence-electron chi connectivity index (χ2n) is 3.95. The van der Waals surface area contributed by atoms with Crippen LogP contribution < -0.4 is 5.32 Å². The van der Waals surface area contributed by atoms with Crippen molar-refractivity contribution in [2.24, 2.45) is 0 Å². The van der Waals surface area contributed by atoms with E-state index in [9.17, 15) is 0 Å². The molecule has 0 amide bonds. The molecule has 2 atom stereocenters. The summed E-state index contributed by atoms with van der Waals surface area (Å²) in [6, 6.07) is 0.446. The Morgan fingerprint density at radius 2 is 1.64 bits per heavy atom. The maximum atomic E-state index is 9.05. The van der Waals surface area contributed by atoms with Gasteiger partial charge in [0.2, 0.25) is 0 Å². The molecular formula is C11H26ClNO. The molecule has 0 aliphatic rings. The molecule has 0 aliphatic carbocycles. The number of hydrogen-bond acceptors (Lipinski definition) is 2. The molecule has 0 bridgehead atoms. The van der Waals surface area contributed by atoms with Crippen LogP contribution in [0.15, 0.2) is 0 Å². The topological polar surface area (TPSA) is 32.3 Å². The first-order chi connectivity index (χ1) is 6.16. The van der Waals surface area contributed by atoms with Crippen LogP contribution in [0.1, 0.15) is 59.3 Å². The standard InChI is InChI=1S/C11H25NO.ClH/c1-4-5-6-7-8-9-10(2)12-11(3)13;/h10-13H,4-9H2,1-3H3;1H. The summed E-state index contributed by atoms with van der Waals surface area (Å²) in [5, 5.41) is 12.1. The highest BCUT2D eigenvalue weighted by molar-refractivity contribution is 5.85. The van der Waals surface area contributed by atoms with Crippen LogP contribution in [0, 0.1) is 0 Å². The lowest BCUT2D eigenvalue weighted by Gasteiger charge is -2.15. The number of halogens is 1. The fraction of sp³-hybridized carbons (Fsp3) is 1.00. The largest absolute Gasteiger partial charge is 0.379 e. The minimum atomic E-state index is -0.370. The van der Waals surface area contributed by atoms with Crippen LogP contribution in [0.25, 0.3) is 0 Å². The third kappa shape index (κ3) is 12.2. The number of rotatable bonds is 8. The van der Waals surface area contributed by atoms with E-state index in [0.29, 0.717) is 6.04 Å². The second-order valence-corrected chi connectivity index (χ2v) is 3.95. The summed E-state index contributed by atoms with van der Waals surface area (Å²) in [4.78, 5) is 0. The smallest absolute Gasteiger partial charge is 0.102 e. The molecule has 0 aromatic heterocycles. The molecule has 2 unspecified atom stereocenters. The van der Waals surface area contributed by atoms with Gasteiger partial charge in [0.1, 0.15) is 6.23 Å². The molecule has 0 aromatic rings. The van der Waals surface area contributed by atoms with E-state index in [0.717, 1.165) is 0 Å². The molecule has 0 aliphatic heterocycles. The monoisotopic (exact) mass is 223 g/mol. The number of aliphatic hydroxyl groups is 1. The van der Waals surface area contributed by atoms with Gasteiger partial charge >= 0.3 is 0 Å². The maximum absolute atomic E-state index is 9.05. The molecular weight excluding hydrogens is 198 g/mol. The SMILES string of the molecule is CCCCCCCC(C)NC(C)O.Cl. The van der Waals surface area contributed by atoms with Crippen molar-refractivity contribution < 1.29 is 5.11 Å². The second kappa shape index (κ2) is 11.3. The number of hydrogen-bond donors (Lipinski definition) is 2. The van der Waals surface area contributed by atoms with Gasteiger partial charge in [-0.3, -0.25) is 5.32 Å². The van der Waals surface area contributed by atoms with E-state index in [2.05, 4.69) is 19.2 Å². The summed E-state index contributed by atoms with van der Waals surface area (Å²) >= 11 is 0. The first-order valence-electron chi connectivity index (χ1n) is 5.61. The lowest BCUT2D eigenvalue weighted by molar-refractivity contribution is 0.141. The van der Waals surface area contributed by atoms with Gasteiger partial charge in [0.15, 0.2) is 0 Å². The molecule has 0 rings (SSSR count). The minimum Gasteiger partial charge on any atom is -0.379 e. The normalized spacial score (nSPS) is 14.6. The quantitative estimate of drug-likeness (QED) is 0.490. The van der Waals surface area contributed by atoms with Crippen molar-refractivity contribution in [3.63, 3.8) is 0 Å². The van der Waals surface area contributed by atoms with E-state index in [-0.39, 0.29) is 18.6 Å². The Kier molecular flexibility index (Phi) is 13.4. The van der Waals surface area contributed by atoms with Crippen molar-refractivity contribution in [2.45, 2.75) is 71.6 Å². The summed E-state index contributed by atoms with van der Waals surface area (Å²) in [6.07, 6.45) is 7.44. The molecule has 0 aromatic carbocycles. The van der Waals surface area contributed by atoms with Gasteiger partial charge in [-0.1, -0.05) is 39.0 Å². The summed E-state index contributed by atoms with van der Waals surface area (Å²) < 4.78 is 0. The number of unbranched alkanes of at least 4 members (excludes halogenated alkanes) is 4. The fourth-order valence-corrected chi connectivity index (χ4v) is 1.55. The average molecular weight is 224 g/mol. The lowest BCUT2D eigenvalue weighted by Crippen LogP contribution is -2.33. The molecule has 0 heterocycles. The number of aliphatic hydroxyl groups excluding tert-OH is 1. The summed E-state index contributed by atoms with van der Waals surface area (Å²) in [5.74, 6) is 0. The van der Waals surface area contributed by atoms with Crippen molar-refractivity contribution in [1.29, 1.82) is 0 Å². The third-order valence-electron chi connectivity index (χ3n) is 2.27. The van der Waals surface area contributed by atoms with Crippen LogP contribution in [0.4, 0.5) is 0 Å². The van der Waals surface area contributed by atoms with Crippen LogP contribution in [-0.2, 0) is 0 Å². The Hall–Kier alpha value is 0.210. The molecule has 0 saturated heterocycles. The lowest BCUT2D eigenvalue weighted by atomic mass is 10.1. The van der Waals surface area contributed by atoms with Gasteiger partial charge in [0.05, 0.1) is 0 Å². The highest BCUT2D eigenvalue weighted by atomic mass is 35.5. The van der Waals surface area contributed by atoms with E-state index < -0.39 is 0 Å². The van der Waals surface area contributed by atoms with Gasteiger partial charge in [-0.15, -0.1) is 12.4 Å². The molecule has 2 nitrogen and oxygen atoms in total. The molecule has 0 saturated carbocycles. The van der Waals surface area contributed by atoms with Gasteiger partial charge in [-0.2, -0.15) is 0 Å². The van der Waals surface area contributed by atoms with Crippen molar-refractivity contribution in [3.8, 4) is 0 Å². The number of nitrogens with one attached hydrogen (secondary N) is 1. The third-order valence-corrected chi connectivity index (χ3v) is 2.27. The summed E-state index contributed by atoms with van der Waals surface area (Å²) in [7, 11) is 0. The fourth-order valence-electron chi connectivity index (χ4n) is 1.55. The Morgan fingerprint density at radius 3 is 2.14 bits per heavy atom. The molecule has 14 heavy (non-hydrogen) atoms. The van der Waals surface area contributed by atoms with Crippen LogP contribution in [0.5, 0.6) is 0 Å². The molecule has 2 N–H and O–H groups in total. The zero-order valence-corrected chi connectivity index (χ0v) is 10.6. The first kappa shape index (κ1) is 16.6. The molecule has 3 heteroatoms. The summed E-state index contributed by atoms with van der Waals surface area (Å²) in [6.45, 7) is 6.14. The molecule has 0 spiro atoms. The van der Waals surface area contributed by atoms with Crippen LogP contribution in [-0.4, -0.2) is 17.4 Å². The van der Waals surface area contributed by atoms with Crippen molar-refractivity contribution in [2.75, 3.05) is 0 Å². The van der Waals surface area contributed by atoms with Gasteiger partial charge in [-0.25, -0.2) is 0 Å². The van der Waals surface area contributed by atoms with Crippen LogP contribution >= 0.6 is 12.4 Å². The zero-order chi connectivity index (χ0) is 10.1. The highest BCUT2D eigenvalue weighted by Crippen LogP contribution is 2.07. The van der Waals surface area contributed by atoms with Gasteiger partial charge in [-0.05, 0) is 20.3 Å². The predicted molar refractivity (Wildman–Crippen MR) is 64.9 cm³/mol. The molecule has 88 valence electrons. The summed E-state index contributed by atoms with van der Waals surface area (Å²) in [5.41, 5.74) is 0. The van der Waals surface area contributed by atoms with Crippen molar-refractivity contribution in [1.82, 2.24) is 5.32 Å². The molecule has 0 fully saturated rings. The van der Waals surface area contributed by atoms with E-state index in [4.69, 9.17) is 5.11 Å². The van der Waals surface area contributed by atoms with Crippen LogP contribution in [0.2, 0.25) is 0 Å². The van der Waals surface area contributed by atoms with Crippen molar-refractivity contribution in [3.05, 3.63) is 0 Å². The predicted octanol–water partition coefficient (Wildman–Crippen LogP) is 3.09. The van der Waals surface area contributed by atoms with E-state index in [1.807, 2.05) is 0 Å². The minimum absolute atomic E-state index is 0. The highest BCUT2D eigenvalue weighted by Gasteiger charge is 2.02. The maximum Gasteiger partial charge on any atom is 0.102 e. The van der Waals surface area contributed by atoms with Gasteiger partial charge in [0, 0.05) is 6.04 Å². The van der Waals surface area contributed by atoms with Gasteiger partial charge < -0.3 is 5.11 Å². The van der Waals surface area contributed by atoms with Gasteiger partial charge in [0.25, 0.3) is 0 Å².